The second-order valence-corrected chi connectivity index (χ2v) is 6.29. The summed E-state index contributed by atoms with van der Waals surface area (Å²) in [5.41, 5.74) is 0. The molecular formula is C17H25N5O2. The maximum absolute atomic E-state index is 12.2. The van der Waals surface area contributed by atoms with E-state index in [9.17, 15) is 4.79 Å². The molecule has 1 fully saturated rings. The zero-order valence-electron chi connectivity index (χ0n) is 14.0. The molecule has 2 N–H and O–H groups in total. The van der Waals surface area contributed by atoms with Crippen molar-refractivity contribution in [1.82, 2.24) is 25.1 Å². The van der Waals surface area contributed by atoms with Crippen LogP contribution >= 0.6 is 0 Å². The fraction of sp³-hybridized carbons (Fsp3) is 0.529. The highest BCUT2D eigenvalue weighted by atomic mass is 16.3. The number of hydrogen-bond donors (Lipinski definition) is 2. The van der Waals surface area contributed by atoms with E-state index in [2.05, 4.69) is 20.5 Å². The second kappa shape index (κ2) is 8.01. The number of likely N-dealkylation sites (tertiary alicyclic amines) is 1. The molecule has 0 aromatic carbocycles. The predicted molar refractivity (Wildman–Crippen MR) is 90.5 cm³/mol. The molecule has 130 valence electrons. The molecule has 0 radical (unpaired) electrons. The van der Waals surface area contributed by atoms with Crippen molar-refractivity contribution in [2.45, 2.75) is 38.4 Å². The van der Waals surface area contributed by atoms with Crippen LogP contribution in [-0.4, -0.2) is 46.2 Å². The average molecular weight is 331 g/mol. The molecule has 1 saturated heterocycles. The Morgan fingerprint density at radius 2 is 2.25 bits per heavy atom. The Bertz CT molecular complexity index is 605. The van der Waals surface area contributed by atoms with E-state index < -0.39 is 0 Å². The van der Waals surface area contributed by atoms with Crippen molar-refractivity contribution in [3.63, 3.8) is 0 Å². The standard InChI is InChI=1S/C17H25N5O2/c1-14(12-21-9-6-18-13-21)20-17(23)19-11-15(16-5-4-10-24-16)22-7-2-3-8-22/h4-6,9-10,13-15H,2-3,7-8,11-12H2,1H3,(H2,19,20,23)/t14-,15+/m0/s1. The number of furan rings is 1. The molecule has 2 atom stereocenters. The lowest BCUT2D eigenvalue weighted by Crippen LogP contribution is -2.45. The van der Waals surface area contributed by atoms with Crippen molar-refractivity contribution in [2.75, 3.05) is 19.6 Å². The van der Waals surface area contributed by atoms with Gasteiger partial charge in [0.1, 0.15) is 5.76 Å². The van der Waals surface area contributed by atoms with Gasteiger partial charge in [-0.05, 0) is 45.0 Å². The summed E-state index contributed by atoms with van der Waals surface area (Å²) in [5.74, 6) is 0.906. The van der Waals surface area contributed by atoms with Crippen molar-refractivity contribution >= 4 is 6.03 Å². The first-order valence-electron chi connectivity index (χ1n) is 8.50. The van der Waals surface area contributed by atoms with E-state index in [-0.39, 0.29) is 18.1 Å². The van der Waals surface area contributed by atoms with E-state index in [1.54, 1.807) is 18.8 Å². The van der Waals surface area contributed by atoms with E-state index in [0.29, 0.717) is 13.1 Å². The normalized spacial score (nSPS) is 17.5. The van der Waals surface area contributed by atoms with Crippen LogP contribution in [-0.2, 0) is 6.54 Å². The third-order valence-electron chi connectivity index (χ3n) is 4.33. The number of hydrogen-bond acceptors (Lipinski definition) is 4. The Labute approximate surface area is 142 Å². The monoisotopic (exact) mass is 331 g/mol. The minimum absolute atomic E-state index is 0.0213. The second-order valence-electron chi connectivity index (χ2n) is 6.29. The van der Waals surface area contributed by atoms with Crippen molar-refractivity contribution < 1.29 is 9.21 Å². The molecule has 0 spiro atoms. The topological polar surface area (TPSA) is 75.3 Å². The van der Waals surface area contributed by atoms with Crippen LogP contribution in [0.15, 0.2) is 41.5 Å². The molecule has 0 bridgehead atoms. The number of aromatic nitrogens is 2. The molecule has 2 aromatic heterocycles. The summed E-state index contributed by atoms with van der Waals surface area (Å²) >= 11 is 0. The minimum Gasteiger partial charge on any atom is -0.468 e. The molecule has 2 amide bonds. The Balaban J connectivity index is 1.49. The molecule has 7 heteroatoms. The van der Waals surface area contributed by atoms with Crippen molar-refractivity contribution in [3.8, 4) is 0 Å². The Kier molecular flexibility index (Phi) is 5.53. The highest BCUT2D eigenvalue weighted by molar-refractivity contribution is 5.74. The maximum Gasteiger partial charge on any atom is 0.315 e. The van der Waals surface area contributed by atoms with Crippen LogP contribution in [0.1, 0.15) is 31.6 Å². The SMILES string of the molecule is C[C@@H](Cn1ccnc1)NC(=O)NC[C@H](c1ccco1)N1CCCC1. The summed E-state index contributed by atoms with van der Waals surface area (Å²) in [6.45, 7) is 5.31. The van der Waals surface area contributed by atoms with E-state index in [1.807, 2.05) is 29.8 Å². The molecule has 0 unspecified atom stereocenters. The van der Waals surface area contributed by atoms with Gasteiger partial charge < -0.3 is 19.6 Å². The minimum atomic E-state index is -0.154. The van der Waals surface area contributed by atoms with Crippen LogP contribution in [0, 0.1) is 0 Å². The number of carbonyl (C=O) groups is 1. The number of urea groups is 1. The summed E-state index contributed by atoms with van der Waals surface area (Å²) in [7, 11) is 0. The molecule has 1 aliphatic heterocycles. The lowest BCUT2D eigenvalue weighted by molar-refractivity contribution is 0.202. The van der Waals surface area contributed by atoms with Crippen LogP contribution in [0.2, 0.25) is 0 Å². The van der Waals surface area contributed by atoms with Gasteiger partial charge in [0, 0.05) is 31.5 Å². The highest BCUT2D eigenvalue weighted by Gasteiger charge is 2.26. The molecule has 24 heavy (non-hydrogen) atoms. The molecular weight excluding hydrogens is 306 g/mol. The Morgan fingerprint density at radius 1 is 1.42 bits per heavy atom. The van der Waals surface area contributed by atoms with E-state index >= 15 is 0 Å². The third kappa shape index (κ3) is 4.38. The van der Waals surface area contributed by atoms with Crippen molar-refractivity contribution in [3.05, 3.63) is 42.9 Å². The summed E-state index contributed by atoms with van der Waals surface area (Å²) in [6.07, 6.45) is 9.45. The van der Waals surface area contributed by atoms with Gasteiger partial charge in [0.2, 0.25) is 0 Å². The van der Waals surface area contributed by atoms with Gasteiger partial charge in [-0.25, -0.2) is 9.78 Å². The molecule has 7 nitrogen and oxygen atoms in total. The first-order valence-corrected chi connectivity index (χ1v) is 8.50. The number of nitrogens with zero attached hydrogens (tertiary/aromatic N) is 3. The Morgan fingerprint density at radius 3 is 2.92 bits per heavy atom. The summed E-state index contributed by atoms with van der Waals surface area (Å²) in [6, 6.07) is 3.83. The highest BCUT2D eigenvalue weighted by Crippen LogP contribution is 2.24. The predicted octanol–water partition coefficient (Wildman–Crippen LogP) is 2.00. The number of nitrogens with one attached hydrogen (secondary N) is 2. The lowest BCUT2D eigenvalue weighted by Gasteiger charge is -2.26. The first kappa shape index (κ1) is 16.6. The van der Waals surface area contributed by atoms with Gasteiger partial charge in [0.25, 0.3) is 0 Å². The quantitative estimate of drug-likeness (QED) is 0.814. The molecule has 0 saturated carbocycles. The average Bonchev–Trinajstić information content (AvgIpc) is 3.31. The van der Waals surface area contributed by atoms with Crippen LogP contribution in [0.5, 0.6) is 0 Å². The van der Waals surface area contributed by atoms with Crippen LogP contribution in [0.25, 0.3) is 0 Å². The lowest BCUT2D eigenvalue weighted by atomic mass is 10.2. The maximum atomic E-state index is 12.2. The molecule has 1 aliphatic rings. The van der Waals surface area contributed by atoms with Crippen molar-refractivity contribution in [1.29, 1.82) is 0 Å². The molecule has 2 aromatic rings. The van der Waals surface area contributed by atoms with Crippen molar-refractivity contribution in [2.24, 2.45) is 0 Å². The smallest absolute Gasteiger partial charge is 0.315 e. The van der Waals surface area contributed by atoms with E-state index in [0.717, 1.165) is 18.8 Å². The zero-order chi connectivity index (χ0) is 16.8. The van der Waals surface area contributed by atoms with Gasteiger partial charge in [-0.15, -0.1) is 0 Å². The van der Waals surface area contributed by atoms with Gasteiger partial charge in [-0.2, -0.15) is 0 Å². The van der Waals surface area contributed by atoms with Gasteiger partial charge in [-0.1, -0.05) is 0 Å². The molecule has 0 aliphatic carbocycles. The van der Waals surface area contributed by atoms with Gasteiger partial charge in [0.05, 0.1) is 18.6 Å². The summed E-state index contributed by atoms with van der Waals surface area (Å²) < 4.78 is 7.51. The summed E-state index contributed by atoms with van der Waals surface area (Å²) in [5, 5.41) is 5.94. The van der Waals surface area contributed by atoms with Crippen LogP contribution < -0.4 is 10.6 Å². The van der Waals surface area contributed by atoms with E-state index in [4.69, 9.17) is 4.42 Å². The number of imidazole rings is 1. The molecule has 3 rings (SSSR count). The van der Waals surface area contributed by atoms with Gasteiger partial charge in [0.15, 0.2) is 0 Å². The number of carbonyl (C=O) groups excluding carboxylic acids is 1. The van der Waals surface area contributed by atoms with Crippen LogP contribution in [0.3, 0.4) is 0 Å². The largest absolute Gasteiger partial charge is 0.468 e. The fourth-order valence-corrected chi connectivity index (χ4v) is 3.16. The number of amides is 2. The third-order valence-corrected chi connectivity index (χ3v) is 4.33. The Hall–Kier alpha value is -2.28. The van der Waals surface area contributed by atoms with E-state index in [1.165, 1.54) is 12.8 Å². The van der Waals surface area contributed by atoms with Gasteiger partial charge >= 0.3 is 6.03 Å². The summed E-state index contributed by atoms with van der Waals surface area (Å²) in [4.78, 5) is 18.5. The fourth-order valence-electron chi connectivity index (χ4n) is 3.16. The zero-order valence-corrected chi connectivity index (χ0v) is 14.0. The number of rotatable bonds is 7. The first-order chi connectivity index (χ1) is 11.7. The van der Waals surface area contributed by atoms with Gasteiger partial charge in [-0.3, -0.25) is 4.90 Å². The van der Waals surface area contributed by atoms with Crippen LogP contribution in [0.4, 0.5) is 4.79 Å². The molecule has 3 heterocycles.